The van der Waals surface area contributed by atoms with E-state index in [0.29, 0.717) is 44.1 Å². The highest BCUT2D eigenvalue weighted by Crippen LogP contribution is 2.48. The van der Waals surface area contributed by atoms with Gasteiger partial charge in [-0.2, -0.15) is 0 Å². The van der Waals surface area contributed by atoms with E-state index in [4.69, 9.17) is 0 Å². The van der Waals surface area contributed by atoms with Gasteiger partial charge in [0.1, 0.15) is 22.7 Å². The van der Waals surface area contributed by atoms with Crippen molar-refractivity contribution in [3.05, 3.63) is 247 Å². The third kappa shape index (κ3) is 6.12. The van der Waals surface area contributed by atoms with Gasteiger partial charge in [-0.15, -0.1) is 0 Å². The Kier molecular flexibility index (Phi) is 9.36. The molecule has 0 atom stereocenters. The second kappa shape index (κ2) is 16.3. The van der Waals surface area contributed by atoms with Crippen LogP contribution in [0.25, 0.3) is 121 Å². The predicted molar refractivity (Wildman–Crippen MR) is 296 cm³/mol. The van der Waals surface area contributed by atoms with Crippen LogP contribution in [0.2, 0.25) is 0 Å². The molecule has 14 aromatic rings. The van der Waals surface area contributed by atoms with Gasteiger partial charge in [0.2, 0.25) is 0 Å². The summed E-state index contributed by atoms with van der Waals surface area (Å²) in [6, 6.07) is 61.7. The summed E-state index contributed by atoms with van der Waals surface area (Å²) in [5.74, 6) is 0. The van der Waals surface area contributed by atoms with Crippen LogP contribution >= 0.6 is 0 Å². The fourth-order valence-corrected chi connectivity index (χ4v) is 11.8. The largest absolute Gasteiger partial charge is 0.303 e. The fourth-order valence-electron chi connectivity index (χ4n) is 11.8. The number of rotatable bonds is 9. The lowest BCUT2D eigenvalue weighted by molar-refractivity contribution is -0.394. The molecule has 0 fully saturated rings. The molecular weight excluding hydrogens is 961 g/mol. The van der Waals surface area contributed by atoms with Crippen LogP contribution < -0.4 is 0 Å². The van der Waals surface area contributed by atoms with E-state index in [1.165, 1.54) is 12.1 Å². The van der Waals surface area contributed by atoms with Crippen LogP contribution in [0, 0.1) is 40.5 Å². The first-order chi connectivity index (χ1) is 37.1. The van der Waals surface area contributed by atoms with Crippen LogP contribution in [-0.2, 0) is 0 Å². The van der Waals surface area contributed by atoms with E-state index in [0.717, 1.165) is 66.3 Å². The van der Waals surface area contributed by atoms with Crippen LogP contribution in [-0.4, -0.2) is 38.0 Å². The Labute approximate surface area is 426 Å². The number of fused-ring (bicyclic) bond motifs is 12. The number of nitro groups is 4. The molecule has 0 aliphatic heterocycles. The van der Waals surface area contributed by atoms with E-state index < -0.39 is 42.4 Å². The average Bonchev–Trinajstić information content (AvgIpc) is 4.27. The van der Waals surface area contributed by atoms with Gasteiger partial charge >= 0.3 is 0 Å². The minimum atomic E-state index is -0.595. The molecule has 4 aromatic heterocycles. The van der Waals surface area contributed by atoms with Crippen molar-refractivity contribution in [2.24, 2.45) is 0 Å². The summed E-state index contributed by atoms with van der Waals surface area (Å²) in [6.45, 7) is 0. The first kappa shape index (κ1) is 43.8. The van der Waals surface area contributed by atoms with E-state index in [1.807, 2.05) is 182 Å². The topological polar surface area (TPSA) is 192 Å². The summed E-state index contributed by atoms with van der Waals surface area (Å²) in [5, 5.41) is 59.0. The minimum Gasteiger partial charge on any atom is -0.303 e. The van der Waals surface area contributed by atoms with Gasteiger partial charge in [0, 0.05) is 55.2 Å². The van der Waals surface area contributed by atoms with Crippen LogP contribution in [0.3, 0.4) is 0 Å². The quantitative estimate of drug-likeness (QED) is 0.101. The molecule has 0 aliphatic rings. The van der Waals surface area contributed by atoms with Gasteiger partial charge in [0.15, 0.2) is 0 Å². The molecule has 362 valence electrons. The summed E-state index contributed by atoms with van der Waals surface area (Å²) >= 11 is 0. The van der Waals surface area contributed by atoms with Crippen molar-refractivity contribution in [2.45, 2.75) is 0 Å². The van der Waals surface area contributed by atoms with Gasteiger partial charge in [0.25, 0.3) is 22.7 Å². The number of hydrogen-bond donors (Lipinski definition) is 0. The Morgan fingerprint density at radius 1 is 0.250 bits per heavy atom. The summed E-state index contributed by atoms with van der Waals surface area (Å²) in [7, 11) is 0. The summed E-state index contributed by atoms with van der Waals surface area (Å²) in [6.07, 6.45) is 0. The van der Waals surface area contributed by atoms with Crippen LogP contribution in [0.4, 0.5) is 22.7 Å². The lowest BCUT2D eigenvalue weighted by Gasteiger charge is -2.14. The van der Waals surface area contributed by atoms with Crippen molar-refractivity contribution in [3.8, 4) is 33.9 Å². The highest BCUT2D eigenvalue weighted by Gasteiger charge is 2.33. The molecule has 0 N–H and O–H groups in total. The molecule has 0 saturated heterocycles. The van der Waals surface area contributed by atoms with Crippen LogP contribution in [0.1, 0.15) is 0 Å². The first-order valence-electron chi connectivity index (χ1n) is 24.0. The van der Waals surface area contributed by atoms with Gasteiger partial charge < -0.3 is 18.3 Å². The van der Waals surface area contributed by atoms with Gasteiger partial charge in [0.05, 0.1) is 76.0 Å². The number of para-hydroxylation sites is 6. The summed E-state index contributed by atoms with van der Waals surface area (Å²) in [4.78, 5) is 50.2. The molecule has 0 amide bonds. The Morgan fingerprint density at radius 3 is 0.750 bits per heavy atom. The molecule has 76 heavy (non-hydrogen) atoms. The van der Waals surface area contributed by atoms with Crippen molar-refractivity contribution in [1.82, 2.24) is 18.3 Å². The highest BCUT2D eigenvalue weighted by molar-refractivity contribution is 6.22. The average molecular weight is 995 g/mol. The van der Waals surface area contributed by atoms with Crippen molar-refractivity contribution >= 4 is 110 Å². The molecule has 14 rings (SSSR count). The Hall–Kier alpha value is -11.0. The standard InChI is InChI=1S/C60H34N8O8/c69-65(70)55-33-57(67(73)74)53(31-51(55)61-43-23-7-1-15-35(43)36-16-2-8-24-44(36)61)63-47-27-11-5-19-41(47)59-39(21-13-29-49(59)63)40-22-14-30-50-60(40)42-20-6-12-28-48(42)64(50)54-32-52(56(66(71)72)34-58(54)68(75)76)62-45-25-9-3-17-37(45)38-18-4-10-26-46(38)62/h1-34H. The van der Waals surface area contributed by atoms with Crippen molar-refractivity contribution in [2.75, 3.05) is 0 Å². The zero-order valence-electron chi connectivity index (χ0n) is 39.5. The summed E-state index contributed by atoms with van der Waals surface area (Å²) in [5.41, 5.74) is 5.23. The van der Waals surface area contributed by atoms with Crippen molar-refractivity contribution in [1.29, 1.82) is 0 Å². The molecule has 16 heteroatoms. The van der Waals surface area contributed by atoms with Crippen molar-refractivity contribution < 1.29 is 19.7 Å². The number of aromatic nitrogens is 4. The molecular formula is C60H34N8O8. The third-order valence-corrected chi connectivity index (χ3v) is 14.7. The molecule has 0 aliphatic carbocycles. The molecule has 16 nitrogen and oxygen atoms in total. The fraction of sp³-hybridized carbons (Fsp3) is 0. The minimum absolute atomic E-state index is 0.107. The number of hydrogen-bond acceptors (Lipinski definition) is 8. The maximum Gasteiger partial charge on any atom is 0.300 e. The lowest BCUT2D eigenvalue weighted by atomic mass is 9.95. The zero-order chi connectivity index (χ0) is 51.7. The summed E-state index contributed by atoms with van der Waals surface area (Å²) < 4.78 is 7.14. The molecule has 4 heterocycles. The maximum atomic E-state index is 13.3. The highest BCUT2D eigenvalue weighted by atomic mass is 16.6. The van der Waals surface area contributed by atoms with E-state index in [-0.39, 0.29) is 22.7 Å². The molecule has 0 radical (unpaired) electrons. The Bertz CT molecular complexity index is 4510. The SMILES string of the molecule is O=[N+]([O-])c1cc([N+](=O)[O-])c(-n2c3ccccc3c3c(-c4cccc5c4c4ccccc4n5-c4cc(-n5c6ccccc6c6ccccc65)c([N+](=O)[O-])cc4[N+](=O)[O-])cccc32)cc1-n1c2ccccc2c2ccccc21. The molecule has 0 spiro atoms. The van der Waals surface area contributed by atoms with Gasteiger partial charge in [-0.3, -0.25) is 40.5 Å². The number of benzene rings is 10. The molecule has 0 bridgehead atoms. The lowest BCUT2D eigenvalue weighted by Crippen LogP contribution is -2.06. The first-order valence-corrected chi connectivity index (χ1v) is 24.0. The smallest absolute Gasteiger partial charge is 0.300 e. The van der Waals surface area contributed by atoms with E-state index >= 15 is 0 Å². The number of nitrogens with zero attached hydrogens (tertiary/aromatic N) is 8. The predicted octanol–water partition coefficient (Wildman–Crippen LogP) is 15.4. The molecule has 10 aromatic carbocycles. The Morgan fingerprint density at radius 2 is 0.474 bits per heavy atom. The van der Waals surface area contributed by atoms with Gasteiger partial charge in [-0.05, 0) is 59.7 Å². The number of nitro benzene ring substituents is 4. The second-order valence-electron chi connectivity index (χ2n) is 18.5. The zero-order valence-corrected chi connectivity index (χ0v) is 39.5. The second-order valence-corrected chi connectivity index (χ2v) is 18.5. The normalized spacial score (nSPS) is 11.8. The molecule has 0 saturated carbocycles. The van der Waals surface area contributed by atoms with E-state index in [9.17, 15) is 40.5 Å². The Balaban J connectivity index is 1.05. The van der Waals surface area contributed by atoms with E-state index in [2.05, 4.69) is 0 Å². The van der Waals surface area contributed by atoms with Crippen LogP contribution in [0.5, 0.6) is 0 Å². The maximum absolute atomic E-state index is 13.3. The van der Waals surface area contributed by atoms with Gasteiger partial charge in [-0.1, -0.05) is 133 Å². The van der Waals surface area contributed by atoms with Crippen molar-refractivity contribution in [3.63, 3.8) is 0 Å². The monoisotopic (exact) mass is 994 g/mol. The van der Waals surface area contributed by atoms with Crippen LogP contribution in [0.15, 0.2) is 206 Å². The van der Waals surface area contributed by atoms with Gasteiger partial charge in [-0.25, -0.2) is 0 Å². The molecule has 0 unspecified atom stereocenters. The third-order valence-electron chi connectivity index (χ3n) is 14.7. The van der Waals surface area contributed by atoms with E-state index in [1.54, 1.807) is 18.3 Å².